The van der Waals surface area contributed by atoms with E-state index < -0.39 is 0 Å². The highest BCUT2D eigenvalue weighted by atomic mass is 19.1. The van der Waals surface area contributed by atoms with Crippen LogP contribution in [0.15, 0.2) is 66.9 Å². The minimum atomic E-state index is -0.267. The first-order valence-electron chi connectivity index (χ1n) is 10.8. The van der Waals surface area contributed by atoms with Gasteiger partial charge in [-0.2, -0.15) is 5.10 Å². The Kier molecular flexibility index (Phi) is 5.52. The molecule has 31 heavy (non-hydrogen) atoms. The molecule has 0 radical (unpaired) electrons. The number of anilines is 2. The Labute approximate surface area is 180 Å². The van der Waals surface area contributed by atoms with Gasteiger partial charge >= 0.3 is 0 Å². The van der Waals surface area contributed by atoms with Crippen molar-refractivity contribution in [1.29, 1.82) is 0 Å². The summed E-state index contributed by atoms with van der Waals surface area (Å²) in [5.74, 6) is 0.966. The smallest absolute Gasteiger partial charge is 0.227 e. The van der Waals surface area contributed by atoms with Crippen LogP contribution in [-0.4, -0.2) is 14.8 Å². The summed E-state index contributed by atoms with van der Waals surface area (Å²) < 4.78 is 21.6. The fourth-order valence-electron chi connectivity index (χ4n) is 4.25. The van der Waals surface area contributed by atoms with Crippen LogP contribution in [-0.2, 0) is 6.61 Å². The molecule has 2 aromatic heterocycles. The minimum absolute atomic E-state index is 0.267. The van der Waals surface area contributed by atoms with Crippen molar-refractivity contribution in [3.8, 4) is 5.88 Å². The maximum atomic E-state index is 13.4. The van der Waals surface area contributed by atoms with Crippen LogP contribution in [0.2, 0.25) is 0 Å². The molecular weight excluding hydrogens is 391 g/mol. The second-order valence-corrected chi connectivity index (χ2v) is 8.00. The van der Waals surface area contributed by atoms with Crippen molar-refractivity contribution in [3.63, 3.8) is 0 Å². The third-order valence-electron chi connectivity index (χ3n) is 5.83. The van der Waals surface area contributed by atoms with E-state index in [4.69, 9.17) is 9.84 Å². The van der Waals surface area contributed by atoms with E-state index in [2.05, 4.69) is 15.0 Å². The average Bonchev–Trinajstić information content (AvgIpc) is 3.19. The molecule has 0 spiro atoms. The summed E-state index contributed by atoms with van der Waals surface area (Å²) in [5.41, 5.74) is 2.86. The van der Waals surface area contributed by atoms with Crippen LogP contribution in [0, 0.1) is 5.82 Å². The number of rotatable bonds is 6. The van der Waals surface area contributed by atoms with Gasteiger partial charge < -0.3 is 10.1 Å². The first kappa shape index (κ1) is 19.5. The molecule has 0 atom stereocenters. The number of nitrogens with one attached hydrogen (secondary N) is 1. The van der Waals surface area contributed by atoms with Crippen molar-refractivity contribution >= 4 is 22.4 Å². The van der Waals surface area contributed by atoms with E-state index in [1.165, 1.54) is 31.4 Å². The lowest BCUT2D eigenvalue weighted by molar-refractivity contribution is 0.298. The number of ether oxygens (including phenoxy) is 1. The molecule has 1 aliphatic rings. The van der Waals surface area contributed by atoms with Crippen molar-refractivity contribution in [2.45, 2.75) is 44.8 Å². The van der Waals surface area contributed by atoms with Crippen molar-refractivity contribution in [2.75, 3.05) is 5.32 Å². The Morgan fingerprint density at radius 3 is 2.52 bits per heavy atom. The zero-order valence-corrected chi connectivity index (χ0v) is 17.3. The van der Waals surface area contributed by atoms with Crippen LogP contribution in [0.4, 0.5) is 15.9 Å². The molecule has 5 nitrogen and oxygen atoms in total. The average molecular weight is 417 g/mol. The van der Waals surface area contributed by atoms with Crippen LogP contribution < -0.4 is 10.1 Å². The van der Waals surface area contributed by atoms with Gasteiger partial charge in [-0.25, -0.2) is 9.37 Å². The highest BCUT2D eigenvalue weighted by molar-refractivity contribution is 5.95. The third kappa shape index (κ3) is 4.24. The van der Waals surface area contributed by atoms with Crippen LogP contribution in [0.25, 0.3) is 10.9 Å². The molecule has 2 aromatic carbocycles. The predicted octanol–water partition coefficient (Wildman–Crippen LogP) is 6.40. The van der Waals surface area contributed by atoms with Gasteiger partial charge in [0.25, 0.3) is 0 Å². The molecule has 6 heteroatoms. The number of nitrogens with zero attached hydrogens (tertiary/aromatic N) is 3. The number of pyridine rings is 1. The van der Waals surface area contributed by atoms with Gasteiger partial charge in [0.1, 0.15) is 17.8 Å². The molecule has 158 valence electrons. The van der Waals surface area contributed by atoms with Crippen LogP contribution >= 0.6 is 0 Å². The molecule has 2 heterocycles. The lowest BCUT2D eigenvalue weighted by Gasteiger charge is -2.22. The summed E-state index contributed by atoms with van der Waals surface area (Å²) in [6.45, 7) is 0.428. The van der Waals surface area contributed by atoms with Crippen LogP contribution in [0.3, 0.4) is 0 Å². The monoisotopic (exact) mass is 416 g/mol. The summed E-state index contributed by atoms with van der Waals surface area (Å²) in [4.78, 5) is 4.52. The van der Waals surface area contributed by atoms with E-state index in [-0.39, 0.29) is 5.82 Å². The van der Waals surface area contributed by atoms with Crippen molar-refractivity contribution in [3.05, 3.63) is 78.2 Å². The Bertz CT molecular complexity index is 1150. The molecule has 0 unspecified atom stereocenters. The van der Waals surface area contributed by atoms with Gasteiger partial charge in [-0.05, 0) is 48.7 Å². The first-order valence-corrected chi connectivity index (χ1v) is 10.8. The summed E-state index contributed by atoms with van der Waals surface area (Å²) in [5, 5.41) is 9.15. The summed E-state index contributed by atoms with van der Waals surface area (Å²) in [7, 11) is 0. The maximum Gasteiger partial charge on any atom is 0.227 e. The standard InChI is InChI=1S/C25H25FN4O/c26-19-11-13-20(14-12-19)28-24-23-22(30(29-24)21-9-5-2-6-10-21)15-16-27-25(23)31-17-18-7-3-1-4-8-18/h1,3-4,7-8,11-16,21H,2,5-6,9-10,17H2,(H,28,29). The normalized spacial score (nSPS) is 14.6. The van der Waals surface area contributed by atoms with Crippen molar-refractivity contribution in [2.24, 2.45) is 0 Å². The van der Waals surface area contributed by atoms with E-state index in [1.807, 2.05) is 36.4 Å². The lowest BCUT2D eigenvalue weighted by Crippen LogP contribution is -2.14. The van der Waals surface area contributed by atoms with E-state index in [0.717, 1.165) is 35.0 Å². The zero-order chi connectivity index (χ0) is 21.0. The molecule has 0 bridgehead atoms. The number of aromatic nitrogens is 3. The first-order chi connectivity index (χ1) is 15.3. The molecule has 0 amide bonds. The molecular formula is C25H25FN4O. The van der Waals surface area contributed by atoms with E-state index in [1.54, 1.807) is 18.3 Å². The van der Waals surface area contributed by atoms with Gasteiger partial charge in [0.05, 0.1) is 11.6 Å². The van der Waals surface area contributed by atoms with Gasteiger partial charge in [0.15, 0.2) is 5.82 Å². The van der Waals surface area contributed by atoms with Crippen LogP contribution in [0.1, 0.15) is 43.7 Å². The van der Waals surface area contributed by atoms with E-state index in [9.17, 15) is 4.39 Å². The van der Waals surface area contributed by atoms with Gasteiger partial charge in [-0.15, -0.1) is 0 Å². The van der Waals surface area contributed by atoms with Crippen LogP contribution in [0.5, 0.6) is 5.88 Å². The molecule has 5 rings (SSSR count). The molecule has 0 saturated heterocycles. The Balaban J connectivity index is 1.54. The molecule has 0 aliphatic heterocycles. The van der Waals surface area contributed by atoms with Crippen molar-refractivity contribution in [1.82, 2.24) is 14.8 Å². The minimum Gasteiger partial charge on any atom is -0.472 e. The number of hydrogen-bond acceptors (Lipinski definition) is 4. The Morgan fingerprint density at radius 1 is 0.968 bits per heavy atom. The molecule has 1 fully saturated rings. The van der Waals surface area contributed by atoms with Gasteiger partial charge in [-0.3, -0.25) is 4.68 Å². The number of hydrogen-bond donors (Lipinski definition) is 1. The molecule has 1 N–H and O–H groups in total. The van der Waals surface area contributed by atoms with Gasteiger partial charge in [0.2, 0.25) is 5.88 Å². The summed E-state index contributed by atoms with van der Waals surface area (Å²) in [6.07, 6.45) is 7.74. The SMILES string of the molecule is Fc1ccc(Nc2nn(C3CCCCC3)c3ccnc(OCc4ccccc4)c23)cc1. The summed E-state index contributed by atoms with van der Waals surface area (Å²) in [6, 6.07) is 18.7. The fraction of sp³-hybridized carbons (Fsp3) is 0.280. The molecule has 4 aromatic rings. The molecule has 1 saturated carbocycles. The second-order valence-electron chi connectivity index (χ2n) is 8.00. The Morgan fingerprint density at radius 2 is 1.74 bits per heavy atom. The lowest BCUT2D eigenvalue weighted by atomic mass is 9.95. The second kappa shape index (κ2) is 8.76. The maximum absolute atomic E-state index is 13.4. The summed E-state index contributed by atoms with van der Waals surface area (Å²) >= 11 is 0. The highest BCUT2D eigenvalue weighted by Crippen LogP contribution is 2.37. The topological polar surface area (TPSA) is 52.0 Å². The predicted molar refractivity (Wildman–Crippen MR) is 120 cm³/mol. The Hall–Kier alpha value is -3.41. The highest BCUT2D eigenvalue weighted by Gasteiger charge is 2.23. The zero-order valence-electron chi connectivity index (χ0n) is 17.3. The largest absolute Gasteiger partial charge is 0.472 e. The van der Waals surface area contributed by atoms with Gasteiger partial charge in [-0.1, -0.05) is 49.6 Å². The van der Waals surface area contributed by atoms with Crippen molar-refractivity contribution < 1.29 is 9.13 Å². The van der Waals surface area contributed by atoms with E-state index in [0.29, 0.717) is 24.3 Å². The quantitative estimate of drug-likeness (QED) is 0.395. The number of benzene rings is 2. The molecule has 1 aliphatic carbocycles. The van der Waals surface area contributed by atoms with E-state index >= 15 is 0 Å². The third-order valence-corrected chi connectivity index (χ3v) is 5.83. The fourth-order valence-corrected chi connectivity index (χ4v) is 4.25. The van der Waals surface area contributed by atoms with Gasteiger partial charge in [0, 0.05) is 11.9 Å². The number of fused-ring (bicyclic) bond motifs is 1. The number of halogens is 1.